The van der Waals surface area contributed by atoms with Crippen molar-refractivity contribution in [2.75, 3.05) is 12.8 Å². The van der Waals surface area contributed by atoms with Gasteiger partial charge >= 0.3 is 0 Å². The Morgan fingerprint density at radius 1 is 1.30 bits per heavy atom. The Labute approximate surface area is 138 Å². The van der Waals surface area contributed by atoms with E-state index in [4.69, 9.17) is 10.5 Å². The van der Waals surface area contributed by atoms with Crippen molar-refractivity contribution in [2.45, 2.75) is 23.1 Å². The average Bonchev–Trinajstić information content (AvgIpc) is 2.54. The lowest BCUT2D eigenvalue weighted by Crippen LogP contribution is -2.22. The maximum Gasteiger partial charge on any atom is 0.226 e. The molecule has 0 heterocycles. The van der Waals surface area contributed by atoms with Crippen molar-refractivity contribution < 1.29 is 14.8 Å². The number of rotatable bonds is 6. The highest BCUT2D eigenvalue weighted by Crippen LogP contribution is 2.43. The van der Waals surface area contributed by atoms with Crippen LogP contribution in [0.3, 0.4) is 0 Å². The summed E-state index contributed by atoms with van der Waals surface area (Å²) in [7, 11) is 1.44. The van der Waals surface area contributed by atoms with E-state index in [0.29, 0.717) is 11.3 Å². The Hall–Kier alpha value is -2.41. The van der Waals surface area contributed by atoms with Crippen molar-refractivity contribution in [1.82, 2.24) is 0 Å². The number of ether oxygens (including phenoxy) is 1. The van der Waals surface area contributed by atoms with E-state index in [-0.39, 0.29) is 16.4 Å². The molecule has 2 aromatic rings. The first kappa shape index (κ1) is 17.0. The van der Waals surface area contributed by atoms with Crippen molar-refractivity contribution in [1.29, 1.82) is 0 Å². The molecule has 0 saturated carbocycles. The summed E-state index contributed by atoms with van der Waals surface area (Å²) in [5.41, 5.74) is 7.21. The molecule has 0 spiro atoms. The van der Waals surface area contributed by atoms with Crippen LogP contribution < -0.4 is 10.5 Å². The number of phenolic OH excluding ortho intramolecular Hbond substituents is 1. The van der Waals surface area contributed by atoms with Crippen molar-refractivity contribution in [3.05, 3.63) is 58.1 Å². The maximum atomic E-state index is 11.3. The predicted molar refractivity (Wildman–Crippen MR) is 90.6 cm³/mol. The molecule has 2 unspecified atom stereocenters. The number of thioether (sulfide) groups is 1. The minimum Gasteiger partial charge on any atom is -0.504 e. The van der Waals surface area contributed by atoms with E-state index in [2.05, 4.69) is 0 Å². The highest BCUT2D eigenvalue weighted by molar-refractivity contribution is 7.99. The van der Waals surface area contributed by atoms with Crippen molar-refractivity contribution >= 4 is 17.4 Å². The van der Waals surface area contributed by atoms with Crippen LogP contribution in [0.1, 0.15) is 17.7 Å². The summed E-state index contributed by atoms with van der Waals surface area (Å²) in [4.78, 5) is 11.7. The number of para-hydroxylation sites is 1. The Morgan fingerprint density at radius 2 is 2.00 bits per heavy atom. The summed E-state index contributed by atoms with van der Waals surface area (Å²) < 4.78 is 5.10. The van der Waals surface area contributed by atoms with E-state index in [1.807, 2.05) is 18.2 Å². The van der Waals surface area contributed by atoms with E-state index >= 15 is 0 Å². The molecule has 23 heavy (non-hydrogen) atoms. The predicted octanol–water partition coefficient (Wildman–Crippen LogP) is 3.48. The van der Waals surface area contributed by atoms with E-state index < -0.39 is 11.3 Å². The van der Waals surface area contributed by atoms with Crippen LogP contribution in [0.4, 0.5) is 5.69 Å². The van der Waals surface area contributed by atoms with Gasteiger partial charge in [0.05, 0.1) is 7.11 Å². The fourth-order valence-electron chi connectivity index (χ4n) is 2.15. The van der Waals surface area contributed by atoms with Crippen LogP contribution in [0.5, 0.6) is 11.5 Å². The fourth-order valence-corrected chi connectivity index (χ4v) is 3.37. The molecule has 0 bridgehead atoms. The third-order valence-corrected chi connectivity index (χ3v) is 5.02. The van der Waals surface area contributed by atoms with Crippen LogP contribution in [-0.4, -0.2) is 23.2 Å². The van der Waals surface area contributed by atoms with Crippen LogP contribution in [0, 0.1) is 10.1 Å². The second-order valence-electron chi connectivity index (χ2n) is 5.03. The molecule has 0 aromatic heterocycles. The Kier molecular flexibility index (Phi) is 5.33. The highest BCUT2D eigenvalue weighted by Gasteiger charge is 2.30. The number of aromatic hydroxyl groups is 1. The lowest BCUT2D eigenvalue weighted by Gasteiger charge is -2.20. The molecule has 0 radical (unpaired) electrons. The zero-order valence-corrected chi connectivity index (χ0v) is 13.6. The van der Waals surface area contributed by atoms with E-state index in [1.54, 1.807) is 25.1 Å². The largest absolute Gasteiger partial charge is 0.504 e. The minimum absolute atomic E-state index is 0.00650. The van der Waals surface area contributed by atoms with Crippen LogP contribution in [-0.2, 0) is 0 Å². The molecule has 0 fully saturated rings. The molecule has 2 rings (SSSR count). The topological polar surface area (TPSA) is 98.6 Å². The van der Waals surface area contributed by atoms with Gasteiger partial charge in [0, 0.05) is 22.4 Å². The Bertz CT molecular complexity index is 708. The smallest absolute Gasteiger partial charge is 0.226 e. The number of nitrogens with zero attached hydrogens (tertiary/aromatic N) is 1. The molecule has 7 heteroatoms. The summed E-state index contributed by atoms with van der Waals surface area (Å²) in [6.07, 6.45) is 0. The lowest BCUT2D eigenvalue weighted by atomic mass is 10.1. The van der Waals surface area contributed by atoms with Crippen LogP contribution in [0.15, 0.2) is 47.4 Å². The number of methoxy groups -OCH3 is 1. The second-order valence-corrected chi connectivity index (χ2v) is 6.22. The van der Waals surface area contributed by atoms with Crippen LogP contribution in [0.25, 0.3) is 0 Å². The van der Waals surface area contributed by atoms with Crippen molar-refractivity contribution in [3.63, 3.8) is 0 Å². The first-order chi connectivity index (χ1) is 10.9. The molecule has 122 valence electrons. The maximum absolute atomic E-state index is 11.3. The molecule has 0 amide bonds. The fraction of sp³-hybridized carbons (Fsp3) is 0.250. The standard InChI is InChI=1S/C16H18N2O4S/c1-10(18(20)21)16(23-15-6-4-3-5-12(15)17)11-7-8-13(19)14(9-11)22-2/h3-10,16,19H,17H2,1-2H3. The summed E-state index contributed by atoms with van der Waals surface area (Å²) in [5.74, 6) is 0.276. The number of nitrogen functional groups attached to an aromatic ring is 1. The van der Waals surface area contributed by atoms with Gasteiger partial charge in [-0.1, -0.05) is 18.2 Å². The molecular formula is C16H18N2O4S. The molecule has 0 aliphatic heterocycles. The number of nitro groups is 1. The van der Waals surface area contributed by atoms with Gasteiger partial charge in [-0.15, -0.1) is 11.8 Å². The first-order valence-electron chi connectivity index (χ1n) is 6.95. The molecule has 3 N–H and O–H groups in total. The Morgan fingerprint density at radius 3 is 2.61 bits per heavy atom. The van der Waals surface area contributed by atoms with Crippen LogP contribution >= 0.6 is 11.8 Å². The third-order valence-electron chi connectivity index (χ3n) is 3.48. The van der Waals surface area contributed by atoms with Crippen LogP contribution in [0.2, 0.25) is 0 Å². The van der Waals surface area contributed by atoms with Gasteiger partial charge in [-0.25, -0.2) is 0 Å². The van der Waals surface area contributed by atoms with Crippen molar-refractivity contribution in [2.24, 2.45) is 0 Å². The molecule has 2 aromatic carbocycles. The highest BCUT2D eigenvalue weighted by atomic mass is 32.2. The molecule has 2 atom stereocenters. The van der Waals surface area contributed by atoms with E-state index in [0.717, 1.165) is 4.90 Å². The van der Waals surface area contributed by atoms with Gasteiger partial charge in [-0.05, 0) is 29.8 Å². The monoisotopic (exact) mass is 334 g/mol. The molecule has 0 aliphatic carbocycles. The molecule has 0 aliphatic rings. The number of anilines is 1. The average molecular weight is 334 g/mol. The zero-order chi connectivity index (χ0) is 17.0. The summed E-state index contributed by atoms with van der Waals surface area (Å²) in [6, 6.07) is 11.2. The number of nitrogens with two attached hydrogens (primary N) is 1. The first-order valence-corrected chi connectivity index (χ1v) is 7.83. The van der Waals surface area contributed by atoms with Gasteiger partial charge < -0.3 is 15.6 Å². The number of hydrogen-bond acceptors (Lipinski definition) is 6. The third kappa shape index (κ3) is 3.87. The Balaban J connectivity index is 2.42. The SMILES string of the molecule is COc1cc(C(Sc2ccccc2N)C(C)[N+](=O)[O-])ccc1O. The van der Waals surface area contributed by atoms with Gasteiger partial charge in [-0.2, -0.15) is 0 Å². The molecular weight excluding hydrogens is 316 g/mol. The lowest BCUT2D eigenvalue weighted by molar-refractivity contribution is -0.518. The second kappa shape index (κ2) is 7.23. The van der Waals surface area contributed by atoms with Gasteiger partial charge in [-0.3, -0.25) is 10.1 Å². The van der Waals surface area contributed by atoms with Crippen molar-refractivity contribution in [3.8, 4) is 11.5 Å². The zero-order valence-electron chi connectivity index (χ0n) is 12.8. The number of benzene rings is 2. The summed E-state index contributed by atoms with van der Waals surface area (Å²) in [6.45, 7) is 1.55. The number of hydrogen-bond donors (Lipinski definition) is 2. The van der Waals surface area contributed by atoms with Gasteiger partial charge in [0.2, 0.25) is 6.04 Å². The summed E-state index contributed by atoms with van der Waals surface area (Å²) >= 11 is 1.33. The quantitative estimate of drug-likeness (QED) is 0.363. The van der Waals surface area contributed by atoms with E-state index in [1.165, 1.54) is 24.9 Å². The molecule has 6 nitrogen and oxygen atoms in total. The molecule has 0 saturated heterocycles. The number of phenols is 1. The van der Waals surface area contributed by atoms with Gasteiger partial charge in [0.1, 0.15) is 5.25 Å². The summed E-state index contributed by atoms with van der Waals surface area (Å²) in [5, 5.41) is 20.5. The minimum atomic E-state index is -0.839. The van der Waals surface area contributed by atoms with Gasteiger partial charge in [0.15, 0.2) is 11.5 Å². The normalized spacial score (nSPS) is 13.3. The van der Waals surface area contributed by atoms with E-state index in [9.17, 15) is 15.2 Å². The van der Waals surface area contributed by atoms with Gasteiger partial charge in [0.25, 0.3) is 0 Å².